The summed E-state index contributed by atoms with van der Waals surface area (Å²) in [6.45, 7) is 8.71. The monoisotopic (exact) mass is 299 g/mol. The van der Waals surface area contributed by atoms with Gasteiger partial charge in [0, 0.05) is 19.1 Å². The molecule has 20 heavy (non-hydrogen) atoms. The van der Waals surface area contributed by atoms with Gasteiger partial charge >= 0.3 is 0 Å². The number of sulfonamides is 1. The van der Waals surface area contributed by atoms with Crippen molar-refractivity contribution in [3.8, 4) is 0 Å². The maximum Gasteiger partial charge on any atom is 0.241 e. The molecule has 5 nitrogen and oxygen atoms in total. The summed E-state index contributed by atoms with van der Waals surface area (Å²) in [6.07, 6.45) is 0. The number of rotatable bonds is 8. The molecule has 114 valence electrons. The van der Waals surface area contributed by atoms with Gasteiger partial charge < -0.3 is 10.6 Å². The van der Waals surface area contributed by atoms with Crippen molar-refractivity contribution in [3.63, 3.8) is 0 Å². The third kappa shape index (κ3) is 4.56. The van der Waals surface area contributed by atoms with E-state index in [1.54, 1.807) is 24.3 Å². The van der Waals surface area contributed by atoms with Gasteiger partial charge in [-0.1, -0.05) is 32.0 Å². The molecule has 1 aromatic carbocycles. The zero-order chi connectivity index (χ0) is 15.2. The maximum atomic E-state index is 12.4. The molecule has 0 radical (unpaired) electrons. The number of hydrogen-bond donors (Lipinski definition) is 2. The Kier molecular flexibility index (Phi) is 6.61. The quantitative estimate of drug-likeness (QED) is 0.755. The number of likely N-dealkylation sites (N-methyl/N-ethyl adjacent to an activating group) is 1. The highest BCUT2D eigenvalue weighted by Gasteiger charge is 2.20. The van der Waals surface area contributed by atoms with E-state index in [0.29, 0.717) is 12.1 Å². The SMILES string of the molecule is CCN(CC)CC(C)NS(=O)(=O)c1ccccc1CN. The van der Waals surface area contributed by atoms with E-state index in [-0.39, 0.29) is 17.5 Å². The Bertz CT molecular complexity index is 513. The molecule has 0 bridgehead atoms. The van der Waals surface area contributed by atoms with Crippen LogP contribution < -0.4 is 10.5 Å². The fourth-order valence-electron chi connectivity index (χ4n) is 2.17. The summed E-state index contributed by atoms with van der Waals surface area (Å²) in [5, 5.41) is 0. The average molecular weight is 299 g/mol. The van der Waals surface area contributed by atoms with Crippen LogP contribution in [0, 0.1) is 0 Å². The second kappa shape index (κ2) is 7.73. The molecule has 0 aromatic heterocycles. The van der Waals surface area contributed by atoms with Gasteiger partial charge in [0.15, 0.2) is 0 Å². The molecule has 0 saturated heterocycles. The summed E-state index contributed by atoms with van der Waals surface area (Å²) in [4.78, 5) is 2.45. The van der Waals surface area contributed by atoms with Gasteiger partial charge in [-0.15, -0.1) is 0 Å². The second-order valence-electron chi connectivity index (χ2n) is 4.82. The van der Waals surface area contributed by atoms with Gasteiger partial charge in [-0.25, -0.2) is 13.1 Å². The molecule has 0 aliphatic rings. The van der Waals surface area contributed by atoms with E-state index >= 15 is 0 Å². The van der Waals surface area contributed by atoms with Crippen LogP contribution >= 0.6 is 0 Å². The highest BCUT2D eigenvalue weighted by Crippen LogP contribution is 2.15. The molecular weight excluding hydrogens is 274 g/mol. The molecular formula is C14H25N3O2S. The Balaban J connectivity index is 2.84. The van der Waals surface area contributed by atoms with Crippen LogP contribution in [0.3, 0.4) is 0 Å². The van der Waals surface area contributed by atoms with Crippen LogP contribution in [0.15, 0.2) is 29.2 Å². The van der Waals surface area contributed by atoms with Crippen molar-refractivity contribution in [2.75, 3.05) is 19.6 Å². The standard InChI is InChI=1S/C14H25N3O2S/c1-4-17(5-2)11-12(3)16-20(18,19)14-9-7-6-8-13(14)10-15/h6-9,12,16H,4-5,10-11,15H2,1-3H3. The first kappa shape index (κ1) is 17.1. The van der Waals surface area contributed by atoms with Gasteiger partial charge in [-0.2, -0.15) is 0 Å². The topological polar surface area (TPSA) is 75.4 Å². The molecule has 0 aliphatic carbocycles. The van der Waals surface area contributed by atoms with Crippen molar-refractivity contribution >= 4 is 10.0 Å². The van der Waals surface area contributed by atoms with Crippen molar-refractivity contribution in [1.82, 2.24) is 9.62 Å². The minimum atomic E-state index is -3.52. The summed E-state index contributed by atoms with van der Waals surface area (Å²) in [7, 11) is -3.52. The van der Waals surface area contributed by atoms with E-state index < -0.39 is 10.0 Å². The van der Waals surface area contributed by atoms with Crippen molar-refractivity contribution in [3.05, 3.63) is 29.8 Å². The van der Waals surface area contributed by atoms with E-state index in [4.69, 9.17) is 5.73 Å². The summed E-state index contributed by atoms with van der Waals surface area (Å²) in [5.74, 6) is 0. The van der Waals surface area contributed by atoms with Gasteiger partial charge in [0.1, 0.15) is 0 Å². The zero-order valence-corrected chi connectivity index (χ0v) is 13.3. The van der Waals surface area contributed by atoms with E-state index in [0.717, 1.165) is 13.1 Å². The van der Waals surface area contributed by atoms with Crippen LogP contribution in [0.4, 0.5) is 0 Å². The second-order valence-corrected chi connectivity index (χ2v) is 6.50. The molecule has 1 rings (SSSR count). The zero-order valence-electron chi connectivity index (χ0n) is 12.5. The van der Waals surface area contributed by atoms with E-state index in [1.807, 2.05) is 6.92 Å². The van der Waals surface area contributed by atoms with Crippen LogP contribution in [0.2, 0.25) is 0 Å². The molecule has 0 spiro atoms. The summed E-state index contributed by atoms with van der Waals surface area (Å²) < 4.78 is 27.5. The highest BCUT2D eigenvalue weighted by atomic mass is 32.2. The van der Waals surface area contributed by atoms with Crippen LogP contribution in [0.25, 0.3) is 0 Å². The Hall–Kier alpha value is -0.950. The van der Waals surface area contributed by atoms with E-state index in [1.165, 1.54) is 0 Å². The molecule has 0 saturated carbocycles. The molecule has 1 aromatic rings. The lowest BCUT2D eigenvalue weighted by molar-refractivity contribution is 0.282. The summed E-state index contributed by atoms with van der Waals surface area (Å²) in [5.41, 5.74) is 6.24. The van der Waals surface area contributed by atoms with Gasteiger partial charge in [0.25, 0.3) is 0 Å². The Morgan fingerprint density at radius 3 is 2.40 bits per heavy atom. The molecule has 1 unspecified atom stereocenters. The minimum absolute atomic E-state index is 0.147. The summed E-state index contributed by atoms with van der Waals surface area (Å²) in [6, 6.07) is 6.69. The first-order valence-electron chi connectivity index (χ1n) is 6.97. The third-order valence-corrected chi connectivity index (χ3v) is 4.95. The molecule has 0 fully saturated rings. The Morgan fingerprint density at radius 1 is 1.25 bits per heavy atom. The van der Waals surface area contributed by atoms with E-state index in [9.17, 15) is 8.42 Å². The average Bonchev–Trinajstić information content (AvgIpc) is 2.44. The predicted molar refractivity (Wildman–Crippen MR) is 81.9 cm³/mol. The van der Waals surface area contributed by atoms with Crippen LogP contribution in [-0.2, 0) is 16.6 Å². The number of nitrogens with two attached hydrogens (primary N) is 1. The number of benzene rings is 1. The molecule has 6 heteroatoms. The van der Waals surface area contributed by atoms with Gasteiger partial charge in [0.05, 0.1) is 4.90 Å². The number of nitrogens with one attached hydrogen (secondary N) is 1. The lowest BCUT2D eigenvalue weighted by atomic mass is 10.2. The molecule has 0 heterocycles. The Morgan fingerprint density at radius 2 is 1.85 bits per heavy atom. The van der Waals surface area contributed by atoms with Crippen molar-refractivity contribution < 1.29 is 8.42 Å². The fourth-order valence-corrected chi connectivity index (χ4v) is 3.65. The predicted octanol–water partition coefficient (Wildman–Crippen LogP) is 1.15. The lowest BCUT2D eigenvalue weighted by Crippen LogP contribution is -2.42. The highest BCUT2D eigenvalue weighted by molar-refractivity contribution is 7.89. The van der Waals surface area contributed by atoms with Crippen molar-refractivity contribution in [2.45, 2.75) is 38.3 Å². The minimum Gasteiger partial charge on any atom is -0.326 e. The van der Waals surface area contributed by atoms with Crippen LogP contribution in [0.1, 0.15) is 26.3 Å². The Labute approximate surface area is 122 Å². The first-order valence-corrected chi connectivity index (χ1v) is 8.45. The van der Waals surface area contributed by atoms with E-state index in [2.05, 4.69) is 23.5 Å². The lowest BCUT2D eigenvalue weighted by Gasteiger charge is -2.23. The van der Waals surface area contributed by atoms with Gasteiger partial charge in [-0.3, -0.25) is 0 Å². The van der Waals surface area contributed by atoms with Gasteiger partial charge in [-0.05, 0) is 31.6 Å². The first-order chi connectivity index (χ1) is 9.44. The van der Waals surface area contributed by atoms with Crippen LogP contribution in [0.5, 0.6) is 0 Å². The number of nitrogens with zero attached hydrogens (tertiary/aromatic N) is 1. The fraction of sp³-hybridized carbons (Fsp3) is 0.571. The van der Waals surface area contributed by atoms with Gasteiger partial charge in [0.2, 0.25) is 10.0 Å². The number of hydrogen-bond acceptors (Lipinski definition) is 4. The smallest absolute Gasteiger partial charge is 0.241 e. The summed E-state index contributed by atoms with van der Waals surface area (Å²) >= 11 is 0. The molecule has 1 atom stereocenters. The normalized spacial score (nSPS) is 13.7. The van der Waals surface area contributed by atoms with Crippen LogP contribution in [-0.4, -0.2) is 39.0 Å². The maximum absolute atomic E-state index is 12.4. The van der Waals surface area contributed by atoms with Crippen molar-refractivity contribution in [1.29, 1.82) is 0 Å². The molecule has 3 N–H and O–H groups in total. The molecule has 0 amide bonds. The molecule has 0 aliphatic heterocycles. The van der Waals surface area contributed by atoms with Crippen molar-refractivity contribution in [2.24, 2.45) is 5.73 Å². The third-order valence-electron chi connectivity index (χ3n) is 3.26. The largest absolute Gasteiger partial charge is 0.326 e.